The number of aromatic nitrogens is 2. The summed E-state index contributed by atoms with van der Waals surface area (Å²) in [7, 11) is 0. The van der Waals surface area contributed by atoms with Crippen LogP contribution in [0.5, 0.6) is 0 Å². The molecule has 6 nitrogen and oxygen atoms in total. The number of hydrogen-bond donors (Lipinski definition) is 2. The molecule has 0 aliphatic carbocycles. The highest BCUT2D eigenvalue weighted by molar-refractivity contribution is 5.85. The van der Waals surface area contributed by atoms with Crippen LogP contribution in [0.1, 0.15) is 33.6 Å². The second-order valence-electron chi connectivity index (χ2n) is 7.24. The summed E-state index contributed by atoms with van der Waals surface area (Å²) in [5, 5.41) is 11.8. The molecule has 0 unspecified atom stereocenters. The van der Waals surface area contributed by atoms with Crippen molar-refractivity contribution in [3.63, 3.8) is 0 Å². The Labute approximate surface area is 171 Å². The average molecular weight is 390 g/mol. The number of hydrazone groups is 1. The van der Waals surface area contributed by atoms with Gasteiger partial charge in [-0.05, 0) is 45.4 Å². The third-order valence-electron chi connectivity index (χ3n) is 4.78. The van der Waals surface area contributed by atoms with Gasteiger partial charge < -0.3 is 5.32 Å². The first-order chi connectivity index (χ1) is 13.9. The summed E-state index contributed by atoms with van der Waals surface area (Å²) in [5.74, 6) is -0.204. The zero-order valence-corrected chi connectivity index (χ0v) is 17.4. The monoisotopic (exact) mass is 389 g/mol. The van der Waals surface area contributed by atoms with E-state index >= 15 is 0 Å². The van der Waals surface area contributed by atoms with E-state index in [9.17, 15) is 4.79 Å². The van der Waals surface area contributed by atoms with Crippen LogP contribution < -0.4 is 10.7 Å². The van der Waals surface area contributed by atoms with Crippen LogP contribution in [0, 0.1) is 27.7 Å². The van der Waals surface area contributed by atoms with Gasteiger partial charge in [0.25, 0.3) is 5.91 Å². The highest BCUT2D eigenvalue weighted by atomic mass is 16.2. The molecule has 3 rings (SSSR count). The standard InChI is InChI=1S/C23H27N5O/c1-16-5-9-20(10-6-16)15-28-19(4)22(18(3)27-28)13-25-26-23(29)14-24-21-11-7-17(2)8-12-21/h5-13,24H,14-15H2,1-4H3,(H,26,29)/b25-13-. The van der Waals surface area contributed by atoms with Gasteiger partial charge in [-0.3, -0.25) is 9.48 Å². The second kappa shape index (κ2) is 9.19. The van der Waals surface area contributed by atoms with E-state index < -0.39 is 0 Å². The van der Waals surface area contributed by atoms with Gasteiger partial charge in [-0.1, -0.05) is 47.5 Å². The van der Waals surface area contributed by atoms with Gasteiger partial charge in [0, 0.05) is 16.9 Å². The van der Waals surface area contributed by atoms with E-state index in [-0.39, 0.29) is 12.5 Å². The Kier molecular flexibility index (Phi) is 6.44. The zero-order valence-electron chi connectivity index (χ0n) is 17.4. The number of carbonyl (C=O) groups is 1. The summed E-state index contributed by atoms with van der Waals surface area (Å²) in [5.41, 5.74) is 9.89. The van der Waals surface area contributed by atoms with Crippen LogP contribution in [0.4, 0.5) is 5.69 Å². The van der Waals surface area contributed by atoms with Gasteiger partial charge in [-0.2, -0.15) is 10.2 Å². The van der Waals surface area contributed by atoms with E-state index in [0.717, 1.165) is 22.6 Å². The smallest absolute Gasteiger partial charge is 0.259 e. The lowest BCUT2D eigenvalue weighted by Crippen LogP contribution is -2.25. The molecule has 0 atom stereocenters. The third kappa shape index (κ3) is 5.54. The summed E-state index contributed by atoms with van der Waals surface area (Å²) < 4.78 is 1.96. The molecule has 2 N–H and O–H groups in total. The normalized spacial score (nSPS) is 11.0. The van der Waals surface area contributed by atoms with Crippen molar-refractivity contribution in [2.45, 2.75) is 34.2 Å². The average Bonchev–Trinajstić information content (AvgIpc) is 2.96. The van der Waals surface area contributed by atoms with Crippen LogP contribution >= 0.6 is 0 Å². The molecule has 29 heavy (non-hydrogen) atoms. The first-order valence-electron chi connectivity index (χ1n) is 9.64. The van der Waals surface area contributed by atoms with Gasteiger partial charge in [0.05, 0.1) is 25.0 Å². The van der Waals surface area contributed by atoms with Crippen molar-refractivity contribution in [2.24, 2.45) is 5.10 Å². The molecule has 0 bridgehead atoms. The molecule has 0 spiro atoms. The molecule has 0 fully saturated rings. The maximum absolute atomic E-state index is 12.0. The quantitative estimate of drug-likeness (QED) is 0.478. The van der Waals surface area contributed by atoms with Gasteiger partial charge >= 0.3 is 0 Å². The minimum absolute atomic E-state index is 0.158. The maximum atomic E-state index is 12.0. The van der Waals surface area contributed by atoms with E-state index in [4.69, 9.17) is 0 Å². The van der Waals surface area contributed by atoms with Crippen molar-refractivity contribution in [3.8, 4) is 0 Å². The van der Waals surface area contributed by atoms with Crippen molar-refractivity contribution in [3.05, 3.63) is 82.2 Å². The van der Waals surface area contributed by atoms with Crippen LogP contribution in [-0.4, -0.2) is 28.4 Å². The van der Waals surface area contributed by atoms with Gasteiger partial charge in [-0.15, -0.1) is 0 Å². The molecule has 1 aromatic heterocycles. The Morgan fingerprint density at radius 1 is 1.00 bits per heavy atom. The largest absolute Gasteiger partial charge is 0.376 e. The minimum atomic E-state index is -0.204. The lowest BCUT2D eigenvalue weighted by Gasteiger charge is -2.06. The molecule has 0 saturated heterocycles. The van der Waals surface area contributed by atoms with Crippen LogP contribution in [-0.2, 0) is 11.3 Å². The summed E-state index contributed by atoms with van der Waals surface area (Å²) in [6.07, 6.45) is 1.66. The summed E-state index contributed by atoms with van der Waals surface area (Å²) in [6.45, 7) is 8.92. The number of carbonyl (C=O) groups excluding carboxylic acids is 1. The second-order valence-corrected chi connectivity index (χ2v) is 7.24. The van der Waals surface area contributed by atoms with Crippen molar-refractivity contribution in [1.29, 1.82) is 0 Å². The van der Waals surface area contributed by atoms with Crippen LogP contribution in [0.2, 0.25) is 0 Å². The molecule has 2 aromatic carbocycles. The molecule has 3 aromatic rings. The minimum Gasteiger partial charge on any atom is -0.376 e. The Balaban J connectivity index is 1.57. The number of nitrogens with zero attached hydrogens (tertiary/aromatic N) is 3. The fourth-order valence-corrected chi connectivity index (χ4v) is 2.98. The Morgan fingerprint density at radius 2 is 1.62 bits per heavy atom. The summed E-state index contributed by atoms with van der Waals surface area (Å²) in [6, 6.07) is 16.3. The van der Waals surface area contributed by atoms with E-state index in [2.05, 4.69) is 52.1 Å². The zero-order chi connectivity index (χ0) is 20.8. The highest BCUT2D eigenvalue weighted by Crippen LogP contribution is 2.13. The fraction of sp³-hybridized carbons (Fsp3) is 0.261. The Hall–Kier alpha value is -3.41. The number of nitrogens with one attached hydrogen (secondary N) is 2. The molecule has 0 aliphatic heterocycles. The number of anilines is 1. The first-order valence-corrected chi connectivity index (χ1v) is 9.64. The van der Waals surface area contributed by atoms with E-state index in [1.54, 1.807) is 6.21 Å². The number of benzene rings is 2. The lowest BCUT2D eigenvalue weighted by molar-refractivity contribution is -0.119. The molecule has 150 valence electrons. The lowest BCUT2D eigenvalue weighted by atomic mass is 10.1. The third-order valence-corrected chi connectivity index (χ3v) is 4.78. The van der Waals surface area contributed by atoms with E-state index in [0.29, 0.717) is 6.54 Å². The SMILES string of the molecule is Cc1ccc(Cn2nc(C)c(/C=N\NC(=O)CNc3ccc(C)cc3)c2C)cc1. The number of hydrogen-bond acceptors (Lipinski definition) is 4. The highest BCUT2D eigenvalue weighted by Gasteiger charge is 2.10. The van der Waals surface area contributed by atoms with E-state index in [1.165, 1.54) is 16.7 Å². The number of amides is 1. The maximum Gasteiger partial charge on any atom is 0.259 e. The van der Waals surface area contributed by atoms with Crippen molar-refractivity contribution < 1.29 is 4.79 Å². The van der Waals surface area contributed by atoms with Crippen molar-refractivity contribution >= 4 is 17.8 Å². The molecule has 1 heterocycles. The topological polar surface area (TPSA) is 71.3 Å². The van der Waals surface area contributed by atoms with Gasteiger partial charge in [0.2, 0.25) is 0 Å². The van der Waals surface area contributed by atoms with Crippen molar-refractivity contribution in [2.75, 3.05) is 11.9 Å². The van der Waals surface area contributed by atoms with Crippen LogP contribution in [0.3, 0.4) is 0 Å². The van der Waals surface area contributed by atoms with Crippen molar-refractivity contribution in [1.82, 2.24) is 15.2 Å². The summed E-state index contributed by atoms with van der Waals surface area (Å²) >= 11 is 0. The van der Waals surface area contributed by atoms with Crippen LogP contribution in [0.15, 0.2) is 53.6 Å². The van der Waals surface area contributed by atoms with Crippen LogP contribution in [0.25, 0.3) is 0 Å². The predicted octanol–water partition coefficient (Wildman–Crippen LogP) is 3.73. The molecular formula is C23H27N5O. The molecule has 0 aliphatic rings. The summed E-state index contributed by atoms with van der Waals surface area (Å²) in [4.78, 5) is 12.0. The number of rotatable bonds is 7. The van der Waals surface area contributed by atoms with Gasteiger partial charge in [-0.25, -0.2) is 5.43 Å². The molecule has 1 amide bonds. The number of aryl methyl sites for hydroxylation is 3. The van der Waals surface area contributed by atoms with E-state index in [1.807, 2.05) is 49.7 Å². The first kappa shape index (κ1) is 20.3. The molecule has 0 radical (unpaired) electrons. The molecule has 0 saturated carbocycles. The fourth-order valence-electron chi connectivity index (χ4n) is 2.98. The molecule has 6 heteroatoms. The molecular weight excluding hydrogens is 362 g/mol. The van der Waals surface area contributed by atoms with Gasteiger partial charge in [0.15, 0.2) is 0 Å². The Morgan fingerprint density at radius 3 is 2.28 bits per heavy atom. The predicted molar refractivity (Wildman–Crippen MR) is 117 cm³/mol. The Bertz CT molecular complexity index is 1000. The van der Waals surface area contributed by atoms with Gasteiger partial charge in [0.1, 0.15) is 0 Å².